The first-order valence-electron chi connectivity index (χ1n) is 9.42. The minimum atomic E-state index is -4.11. The SMILES string of the molecule is Cc1cc2nc3c(=O)[nH]c(=O)nc-3n(C[C@@H](O)[C@@H](O)[C@@H](O)CO)c2cc1C.O=S(=O)(O)CO. The van der Waals surface area contributed by atoms with Crippen LogP contribution in [0.25, 0.3) is 22.6 Å². The summed E-state index contributed by atoms with van der Waals surface area (Å²) in [5.74, 6) is -1.25. The lowest BCUT2D eigenvalue weighted by molar-refractivity contribution is -0.0802. The number of aliphatic hydroxyl groups excluding tert-OH is 5. The zero-order valence-electron chi connectivity index (χ0n) is 17.6. The lowest BCUT2D eigenvalue weighted by Gasteiger charge is -2.25. The van der Waals surface area contributed by atoms with Gasteiger partial charge in [-0.25, -0.2) is 9.78 Å². The normalized spacial score (nSPS) is 14.5. The maximum atomic E-state index is 12.2. The van der Waals surface area contributed by atoms with Gasteiger partial charge >= 0.3 is 5.69 Å². The number of fused-ring (bicyclic) bond motifs is 2. The largest absolute Gasteiger partial charge is 0.394 e. The highest BCUT2D eigenvalue weighted by Crippen LogP contribution is 2.24. The van der Waals surface area contributed by atoms with Gasteiger partial charge in [0.15, 0.2) is 17.5 Å². The van der Waals surface area contributed by atoms with E-state index in [-0.39, 0.29) is 18.1 Å². The molecule has 0 radical (unpaired) electrons. The van der Waals surface area contributed by atoms with Gasteiger partial charge in [-0.2, -0.15) is 13.4 Å². The average Bonchev–Trinajstić information content (AvgIpc) is 2.74. The molecule has 3 rings (SSSR count). The highest BCUT2D eigenvalue weighted by Gasteiger charge is 2.27. The number of aliphatic hydroxyl groups is 5. The number of H-pyrrole nitrogens is 1. The van der Waals surface area contributed by atoms with Gasteiger partial charge in [-0.1, -0.05) is 0 Å². The summed E-state index contributed by atoms with van der Waals surface area (Å²) < 4.78 is 27.6. The second-order valence-electron chi connectivity index (χ2n) is 7.21. The molecule has 182 valence electrons. The molecule has 0 saturated carbocycles. The molecule has 14 nitrogen and oxygen atoms in total. The summed E-state index contributed by atoms with van der Waals surface area (Å²) in [6.07, 6.45) is -4.68. The Bertz CT molecular complexity index is 1320. The second-order valence-corrected chi connectivity index (χ2v) is 8.63. The van der Waals surface area contributed by atoms with Gasteiger partial charge in [0.25, 0.3) is 15.7 Å². The Balaban J connectivity index is 0.000000569. The van der Waals surface area contributed by atoms with Crippen LogP contribution in [0.1, 0.15) is 11.1 Å². The minimum absolute atomic E-state index is 0.0516. The fourth-order valence-corrected chi connectivity index (χ4v) is 2.89. The van der Waals surface area contributed by atoms with E-state index in [4.69, 9.17) is 14.8 Å². The lowest BCUT2D eigenvalue weighted by atomic mass is 10.1. The maximum Gasteiger partial charge on any atom is 0.349 e. The number of aromatic amines is 1. The molecule has 0 fully saturated rings. The average molecular weight is 488 g/mol. The Morgan fingerprint density at radius 1 is 1.03 bits per heavy atom. The van der Waals surface area contributed by atoms with E-state index in [1.807, 2.05) is 13.8 Å². The Labute approximate surface area is 186 Å². The van der Waals surface area contributed by atoms with E-state index < -0.39 is 52.2 Å². The van der Waals surface area contributed by atoms with Gasteiger partial charge in [0.2, 0.25) is 0 Å². The molecule has 0 unspecified atom stereocenters. The Kier molecular flexibility index (Phi) is 8.36. The number of rotatable bonds is 6. The van der Waals surface area contributed by atoms with Gasteiger partial charge < -0.3 is 30.1 Å². The lowest BCUT2D eigenvalue weighted by Crippen LogP contribution is -2.42. The van der Waals surface area contributed by atoms with Gasteiger partial charge in [0.1, 0.15) is 18.3 Å². The van der Waals surface area contributed by atoms with Crippen LogP contribution in [0, 0.1) is 13.8 Å². The van der Waals surface area contributed by atoms with E-state index in [2.05, 4.69) is 15.0 Å². The first-order valence-corrected chi connectivity index (χ1v) is 11.0. The van der Waals surface area contributed by atoms with Crippen LogP contribution in [0.3, 0.4) is 0 Å². The standard InChI is InChI=1S/C17H20N4O6.CH4O4S/c1-7-3-9-10(4-8(7)2)21(5-11(23)14(25)12(24)6-22)15-13(18-9)16(26)20-17(27)19-15;2-1-6(3,4)5/h3-4,11-12,14,22-25H,5-6H2,1-2H3,(H,20,26,27);2H,1H2,(H,3,4,5)/t11-,12+,14-;/m1./s1. The van der Waals surface area contributed by atoms with Gasteiger partial charge in [-0.3, -0.25) is 14.3 Å². The Hall–Kier alpha value is -2.79. The van der Waals surface area contributed by atoms with E-state index >= 15 is 0 Å². The summed E-state index contributed by atoms with van der Waals surface area (Å²) in [6.45, 7) is 2.73. The molecule has 7 N–H and O–H groups in total. The van der Waals surface area contributed by atoms with Crippen molar-refractivity contribution in [1.82, 2.24) is 19.5 Å². The Morgan fingerprint density at radius 3 is 2.15 bits per heavy atom. The summed E-state index contributed by atoms with van der Waals surface area (Å²) >= 11 is 0. The van der Waals surface area contributed by atoms with Gasteiger partial charge in [0, 0.05) is 0 Å². The molecule has 0 spiro atoms. The molecule has 33 heavy (non-hydrogen) atoms. The molecule has 2 aliphatic rings. The Morgan fingerprint density at radius 2 is 1.61 bits per heavy atom. The number of aryl methyl sites for hydroxylation is 2. The maximum absolute atomic E-state index is 12.2. The van der Waals surface area contributed by atoms with E-state index in [0.717, 1.165) is 11.1 Å². The molecular weight excluding hydrogens is 464 g/mol. The van der Waals surface area contributed by atoms with Crippen molar-refractivity contribution in [3.63, 3.8) is 0 Å². The van der Waals surface area contributed by atoms with Gasteiger partial charge in [-0.15, -0.1) is 0 Å². The zero-order valence-corrected chi connectivity index (χ0v) is 18.4. The van der Waals surface area contributed by atoms with Crippen LogP contribution in [-0.4, -0.2) is 88.9 Å². The quantitative estimate of drug-likeness (QED) is 0.137. The first kappa shape index (κ1) is 26.5. The van der Waals surface area contributed by atoms with E-state index in [0.29, 0.717) is 11.0 Å². The van der Waals surface area contributed by atoms with E-state index in [1.165, 1.54) is 4.57 Å². The van der Waals surface area contributed by atoms with Crippen molar-refractivity contribution < 1.29 is 38.5 Å². The number of benzene rings is 1. The second kappa shape index (κ2) is 10.4. The summed E-state index contributed by atoms with van der Waals surface area (Å²) in [6, 6.07) is 3.53. The third kappa shape index (κ3) is 6.38. The molecule has 2 heterocycles. The molecule has 3 atom stereocenters. The van der Waals surface area contributed by atoms with Crippen molar-refractivity contribution in [2.45, 2.75) is 38.7 Å². The topological polar surface area (TPSA) is 236 Å². The van der Waals surface area contributed by atoms with Crippen molar-refractivity contribution >= 4 is 21.2 Å². The molecular formula is C18H24N4O10S. The van der Waals surface area contributed by atoms with Crippen LogP contribution in [0.4, 0.5) is 0 Å². The summed E-state index contributed by atoms with van der Waals surface area (Å²) in [5.41, 5.74) is 1.11. The number of nitrogens with one attached hydrogen (secondary N) is 1. The van der Waals surface area contributed by atoms with E-state index in [9.17, 15) is 33.3 Å². The molecule has 0 aromatic heterocycles. The van der Waals surface area contributed by atoms with Crippen LogP contribution < -0.4 is 11.2 Å². The van der Waals surface area contributed by atoms with Crippen LogP contribution in [-0.2, 0) is 16.7 Å². The monoisotopic (exact) mass is 488 g/mol. The fourth-order valence-electron chi connectivity index (χ4n) is 2.89. The summed E-state index contributed by atoms with van der Waals surface area (Å²) in [4.78, 5) is 34.0. The van der Waals surface area contributed by atoms with Crippen molar-refractivity contribution in [1.29, 1.82) is 0 Å². The predicted octanol–water partition coefficient (Wildman–Crippen LogP) is -2.90. The molecule has 1 aromatic rings. The van der Waals surface area contributed by atoms with Crippen LogP contribution in [0.2, 0.25) is 0 Å². The van der Waals surface area contributed by atoms with Gasteiger partial charge in [0.05, 0.1) is 24.2 Å². The van der Waals surface area contributed by atoms with Crippen molar-refractivity contribution in [3.8, 4) is 11.5 Å². The van der Waals surface area contributed by atoms with Crippen LogP contribution in [0.5, 0.6) is 0 Å². The fraction of sp³-hybridized carbons (Fsp3) is 0.444. The number of aromatic nitrogens is 4. The smallest absolute Gasteiger partial charge is 0.349 e. The number of hydrogen-bond acceptors (Lipinski definition) is 11. The zero-order chi connectivity index (χ0) is 25.1. The number of nitrogens with zero attached hydrogens (tertiary/aromatic N) is 3. The molecule has 0 amide bonds. The molecule has 0 bridgehead atoms. The van der Waals surface area contributed by atoms with Crippen LogP contribution in [0.15, 0.2) is 21.7 Å². The molecule has 2 aliphatic heterocycles. The minimum Gasteiger partial charge on any atom is -0.394 e. The van der Waals surface area contributed by atoms with Crippen molar-refractivity contribution in [2.24, 2.45) is 0 Å². The van der Waals surface area contributed by atoms with Crippen molar-refractivity contribution in [2.75, 3.05) is 12.5 Å². The van der Waals surface area contributed by atoms with Gasteiger partial charge in [-0.05, 0) is 37.1 Å². The highest BCUT2D eigenvalue weighted by molar-refractivity contribution is 7.85. The first-order chi connectivity index (χ1) is 15.3. The highest BCUT2D eigenvalue weighted by atomic mass is 32.2. The molecule has 0 aliphatic carbocycles. The van der Waals surface area contributed by atoms with E-state index in [1.54, 1.807) is 12.1 Å². The van der Waals surface area contributed by atoms with Crippen LogP contribution >= 0.6 is 0 Å². The molecule has 15 heteroatoms. The third-order valence-electron chi connectivity index (χ3n) is 4.73. The predicted molar refractivity (Wildman–Crippen MR) is 114 cm³/mol. The summed E-state index contributed by atoms with van der Waals surface area (Å²) in [5, 5.41) is 46.4. The molecule has 0 saturated heterocycles. The van der Waals surface area contributed by atoms with Crippen molar-refractivity contribution in [3.05, 3.63) is 44.1 Å². The summed E-state index contributed by atoms with van der Waals surface area (Å²) in [7, 11) is -4.11. The molecule has 1 aromatic carbocycles. The number of hydrogen-bond donors (Lipinski definition) is 7. The third-order valence-corrected chi connectivity index (χ3v) is 5.06.